The van der Waals surface area contributed by atoms with E-state index in [0.29, 0.717) is 18.1 Å². The van der Waals surface area contributed by atoms with Crippen LogP contribution in [0, 0.1) is 6.92 Å². The van der Waals surface area contributed by atoms with E-state index < -0.39 is 11.8 Å². The molecule has 1 aromatic carbocycles. The van der Waals surface area contributed by atoms with E-state index in [1.165, 1.54) is 15.9 Å². The van der Waals surface area contributed by atoms with Crippen LogP contribution in [0.5, 0.6) is 11.5 Å². The number of aromatic nitrogens is 3. The zero-order valence-electron chi connectivity index (χ0n) is 15.5. The molecule has 0 bridgehead atoms. The first kappa shape index (κ1) is 19.3. The fourth-order valence-corrected chi connectivity index (χ4v) is 4.03. The molecule has 3 aromatic rings. The number of benzene rings is 1. The van der Waals surface area contributed by atoms with Crippen molar-refractivity contribution in [3.05, 3.63) is 63.2 Å². The number of fused-ring (bicyclic) bond motifs is 1. The molecule has 152 valence electrons. The van der Waals surface area contributed by atoms with E-state index in [9.17, 15) is 13.6 Å². The zero-order valence-corrected chi connectivity index (χ0v) is 16.3. The minimum Gasteiger partial charge on any atom is -0.454 e. The molecule has 1 aliphatic rings. The Hall–Kier alpha value is -2.98. The second kappa shape index (κ2) is 7.80. The maximum atomic E-state index is 12.9. The van der Waals surface area contributed by atoms with E-state index >= 15 is 0 Å². The number of halogens is 2. The molecule has 2 aromatic heterocycles. The van der Waals surface area contributed by atoms with Crippen LogP contribution in [0.1, 0.15) is 10.7 Å². The molecule has 7 nitrogen and oxygen atoms in total. The quantitative estimate of drug-likeness (QED) is 0.663. The third-order valence-corrected chi connectivity index (χ3v) is 5.71. The van der Waals surface area contributed by atoms with Crippen LogP contribution < -0.4 is 20.9 Å². The van der Waals surface area contributed by atoms with Crippen molar-refractivity contribution in [1.29, 1.82) is 0 Å². The topological polar surface area (TPSA) is 84.3 Å². The van der Waals surface area contributed by atoms with E-state index in [1.54, 1.807) is 6.92 Å². The first-order valence-corrected chi connectivity index (χ1v) is 9.64. The molecule has 3 heterocycles. The molecule has 0 saturated heterocycles. The lowest BCUT2D eigenvalue weighted by Gasteiger charge is -2.02. The molecule has 0 spiro atoms. The van der Waals surface area contributed by atoms with Crippen LogP contribution in [0.2, 0.25) is 0 Å². The average Bonchev–Trinajstić information content (AvgIpc) is 3.41. The molecule has 0 radical (unpaired) electrons. The molecule has 10 heteroatoms. The summed E-state index contributed by atoms with van der Waals surface area (Å²) in [7, 11) is 0. The summed E-state index contributed by atoms with van der Waals surface area (Å²) in [5.41, 5.74) is 5.56. The third kappa shape index (κ3) is 3.81. The SMILES string of the molecule is Cc1nn(CC(CN)=C(F)F)c(=O)n1Cc1ccc(-c2ccc3c(c2)OCO3)s1. The highest BCUT2D eigenvalue weighted by molar-refractivity contribution is 7.15. The summed E-state index contributed by atoms with van der Waals surface area (Å²) in [5.74, 6) is 1.87. The van der Waals surface area contributed by atoms with E-state index in [1.807, 2.05) is 30.3 Å². The van der Waals surface area contributed by atoms with Gasteiger partial charge in [-0.15, -0.1) is 11.3 Å². The van der Waals surface area contributed by atoms with Gasteiger partial charge in [-0.1, -0.05) is 0 Å². The standard InChI is InChI=1S/C19H18F2N4O3S/c1-11-23-25(8-13(7-22)18(20)21)19(26)24(11)9-14-3-5-17(29-14)12-2-4-15-16(6-12)28-10-27-15/h2-6H,7-10,22H2,1H3. The Morgan fingerprint density at radius 3 is 2.79 bits per heavy atom. The van der Waals surface area contributed by atoms with Crippen LogP contribution in [0.3, 0.4) is 0 Å². The number of ether oxygens (including phenoxy) is 2. The van der Waals surface area contributed by atoms with Crippen molar-refractivity contribution in [3.63, 3.8) is 0 Å². The predicted octanol–water partition coefficient (Wildman–Crippen LogP) is 2.97. The maximum absolute atomic E-state index is 12.9. The normalized spacial score (nSPS) is 12.4. The van der Waals surface area contributed by atoms with Crippen LogP contribution in [0.15, 0.2) is 46.8 Å². The highest BCUT2D eigenvalue weighted by Crippen LogP contribution is 2.38. The van der Waals surface area contributed by atoms with Gasteiger partial charge in [0.2, 0.25) is 6.79 Å². The predicted molar refractivity (Wildman–Crippen MR) is 105 cm³/mol. The van der Waals surface area contributed by atoms with Crippen LogP contribution in [0.4, 0.5) is 8.78 Å². The van der Waals surface area contributed by atoms with E-state index in [0.717, 1.165) is 25.7 Å². The van der Waals surface area contributed by atoms with Gasteiger partial charge in [0.25, 0.3) is 6.08 Å². The van der Waals surface area contributed by atoms with Gasteiger partial charge in [-0.2, -0.15) is 13.9 Å². The summed E-state index contributed by atoms with van der Waals surface area (Å²) in [6.07, 6.45) is -1.88. The van der Waals surface area contributed by atoms with Gasteiger partial charge in [-0.05, 0) is 42.8 Å². The average molecular weight is 420 g/mol. The highest BCUT2D eigenvalue weighted by atomic mass is 32.1. The van der Waals surface area contributed by atoms with Crippen molar-refractivity contribution in [3.8, 4) is 21.9 Å². The van der Waals surface area contributed by atoms with Gasteiger partial charge in [0, 0.05) is 21.9 Å². The van der Waals surface area contributed by atoms with Crippen molar-refractivity contribution >= 4 is 11.3 Å². The van der Waals surface area contributed by atoms with Crippen LogP contribution in [0.25, 0.3) is 10.4 Å². The van der Waals surface area contributed by atoms with Crippen molar-refractivity contribution < 1.29 is 18.3 Å². The first-order valence-electron chi connectivity index (χ1n) is 8.82. The van der Waals surface area contributed by atoms with Crippen molar-refractivity contribution in [1.82, 2.24) is 14.3 Å². The van der Waals surface area contributed by atoms with Crippen molar-refractivity contribution in [2.24, 2.45) is 5.73 Å². The lowest BCUT2D eigenvalue weighted by Crippen LogP contribution is -2.27. The molecular weight excluding hydrogens is 402 g/mol. The molecule has 0 saturated carbocycles. The fraction of sp³-hybridized carbons (Fsp3) is 0.263. The Morgan fingerprint density at radius 1 is 1.24 bits per heavy atom. The maximum Gasteiger partial charge on any atom is 0.346 e. The number of hydrogen-bond acceptors (Lipinski definition) is 6. The van der Waals surface area contributed by atoms with Crippen molar-refractivity contribution in [2.45, 2.75) is 20.0 Å². The Morgan fingerprint density at radius 2 is 2.03 bits per heavy atom. The molecule has 29 heavy (non-hydrogen) atoms. The number of rotatable bonds is 6. The molecule has 1 aliphatic heterocycles. The van der Waals surface area contributed by atoms with Crippen LogP contribution >= 0.6 is 11.3 Å². The van der Waals surface area contributed by atoms with E-state index in [-0.39, 0.29) is 25.5 Å². The molecule has 0 amide bonds. The number of nitrogens with two attached hydrogens (primary N) is 1. The number of aryl methyl sites for hydroxylation is 1. The van der Waals surface area contributed by atoms with Gasteiger partial charge in [-0.25, -0.2) is 9.48 Å². The smallest absolute Gasteiger partial charge is 0.346 e. The lowest BCUT2D eigenvalue weighted by molar-refractivity contribution is 0.174. The van der Waals surface area contributed by atoms with Crippen LogP contribution in [-0.2, 0) is 13.1 Å². The summed E-state index contributed by atoms with van der Waals surface area (Å²) in [6, 6.07) is 9.63. The summed E-state index contributed by atoms with van der Waals surface area (Å²) in [4.78, 5) is 14.6. The molecule has 4 rings (SSSR count). The zero-order chi connectivity index (χ0) is 20.5. The van der Waals surface area contributed by atoms with E-state index in [4.69, 9.17) is 15.2 Å². The Bertz CT molecular complexity index is 1140. The number of nitrogens with zero attached hydrogens (tertiary/aromatic N) is 3. The first-order chi connectivity index (χ1) is 14.0. The van der Waals surface area contributed by atoms with Gasteiger partial charge in [0.15, 0.2) is 11.5 Å². The largest absolute Gasteiger partial charge is 0.454 e. The van der Waals surface area contributed by atoms with Gasteiger partial charge in [-0.3, -0.25) is 4.57 Å². The Labute approximate surface area is 168 Å². The molecule has 0 unspecified atom stereocenters. The molecular formula is C19H18F2N4O3S. The number of thiophene rings is 1. The van der Waals surface area contributed by atoms with E-state index in [2.05, 4.69) is 5.10 Å². The molecule has 0 aliphatic carbocycles. The van der Waals surface area contributed by atoms with Crippen LogP contribution in [-0.4, -0.2) is 27.7 Å². The third-order valence-electron chi connectivity index (χ3n) is 4.59. The van der Waals surface area contributed by atoms with Gasteiger partial charge < -0.3 is 15.2 Å². The van der Waals surface area contributed by atoms with Gasteiger partial charge in [0.1, 0.15) is 5.82 Å². The van der Waals surface area contributed by atoms with Gasteiger partial charge in [0.05, 0.1) is 13.1 Å². The molecule has 2 N–H and O–H groups in total. The van der Waals surface area contributed by atoms with Crippen molar-refractivity contribution in [2.75, 3.05) is 13.3 Å². The fourth-order valence-electron chi connectivity index (χ4n) is 3.04. The number of hydrogen-bond donors (Lipinski definition) is 1. The highest BCUT2D eigenvalue weighted by Gasteiger charge is 2.17. The monoisotopic (exact) mass is 420 g/mol. The molecule has 0 atom stereocenters. The summed E-state index contributed by atoms with van der Waals surface area (Å²) >= 11 is 1.53. The summed E-state index contributed by atoms with van der Waals surface area (Å²) in [6.45, 7) is 1.54. The minimum atomic E-state index is -1.88. The van der Waals surface area contributed by atoms with Gasteiger partial charge >= 0.3 is 5.69 Å². The Kier molecular flexibility index (Phi) is 5.20. The second-order valence-electron chi connectivity index (χ2n) is 6.48. The molecule has 0 fully saturated rings. The summed E-state index contributed by atoms with van der Waals surface area (Å²) < 4.78 is 38.9. The Balaban J connectivity index is 1.56. The summed E-state index contributed by atoms with van der Waals surface area (Å²) in [5, 5.41) is 4.10. The minimum absolute atomic E-state index is 0.216. The lowest BCUT2D eigenvalue weighted by atomic mass is 10.1. The second-order valence-corrected chi connectivity index (χ2v) is 7.64.